The van der Waals surface area contributed by atoms with Crippen molar-refractivity contribution in [3.05, 3.63) is 0 Å². The maximum absolute atomic E-state index is 12.3. The van der Waals surface area contributed by atoms with Crippen LogP contribution >= 0.6 is 7.82 Å². The predicted molar refractivity (Wildman–Crippen MR) is 184 cm³/mol. The minimum Gasteiger partial charge on any atom is -0.462 e. The molecule has 0 aromatic rings. The third kappa shape index (κ3) is 34.2. The molecule has 0 aliphatic carbocycles. The number of hydrogen-bond acceptors (Lipinski definition) is 6. The Hall–Kier alpha value is -0.950. The van der Waals surface area contributed by atoms with E-state index in [1.165, 1.54) is 103 Å². The summed E-state index contributed by atoms with van der Waals surface area (Å²) in [7, 11) is -4.74. The van der Waals surface area contributed by atoms with E-state index in [0.29, 0.717) is 6.42 Å². The Bertz CT molecular complexity index is 739. The van der Waals surface area contributed by atoms with E-state index in [1.807, 2.05) is 0 Å². The Morgan fingerprint density at radius 3 is 1.40 bits per heavy atom. The first-order valence-corrected chi connectivity index (χ1v) is 20.1. The Morgan fingerprint density at radius 1 is 0.578 bits per heavy atom. The van der Waals surface area contributed by atoms with E-state index in [-0.39, 0.29) is 19.4 Å². The summed E-state index contributed by atoms with van der Waals surface area (Å²) < 4.78 is 26.2. The Morgan fingerprint density at radius 2 is 0.978 bits per heavy atom. The fourth-order valence-corrected chi connectivity index (χ4v) is 5.78. The highest BCUT2D eigenvalue weighted by molar-refractivity contribution is 7.46. The molecule has 9 heteroatoms. The number of carbonyl (C=O) groups excluding carboxylic acids is 2. The lowest BCUT2D eigenvalue weighted by molar-refractivity contribution is -0.161. The average molecular weight is 663 g/mol. The van der Waals surface area contributed by atoms with Gasteiger partial charge in [0, 0.05) is 12.8 Å². The molecular formula is C36H71O8P. The molecular weight excluding hydrogens is 591 g/mol. The van der Waals surface area contributed by atoms with E-state index in [1.54, 1.807) is 0 Å². The van der Waals surface area contributed by atoms with Crippen molar-refractivity contribution in [3.8, 4) is 0 Å². The van der Waals surface area contributed by atoms with Crippen molar-refractivity contribution in [2.75, 3.05) is 13.2 Å². The Balaban J connectivity index is 3.90. The highest BCUT2D eigenvalue weighted by atomic mass is 31.2. The molecule has 0 rings (SSSR count). The molecule has 45 heavy (non-hydrogen) atoms. The lowest BCUT2D eigenvalue weighted by Gasteiger charge is -2.18. The number of ether oxygens (including phenoxy) is 2. The van der Waals surface area contributed by atoms with Crippen molar-refractivity contribution < 1.29 is 37.9 Å². The van der Waals surface area contributed by atoms with Crippen LogP contribution in [0.3, 0.4) is 0 Å². The molecule has 8 nitrogen and oxygen atoms in total. The maximum Gasteiger partial charge on any atom is 0.469 e. The molecule has 0 spiro atoms. The summed E-state index contributed by atoms with van der Waals surface area (Å²) in [5, 5.41) is 0. The van der Waals surface area contributed by atoms with Gasteiger partial charge < -0.3 is 19.3 Å². The van der Waals surface area contributed by atoms with Gasteiger partial charge in [-0.3, -0.25) is 14.1 Å². The van der Waals surface area contributed by atoms with Crippen molar-refractivity contribution >= 4 is 19.8 Å². The van der Waals surface area contributed by atoms with Gasteiger partial charge >= 0.3 is 19.8 Å². The van der Waals surface area contributed by atoms with E-state index in [4.69, 9.17) is 19.3 Å². The van der Waals surface area contributed by atoms with Crippen molar-refractivity contribution in [1.29, 1.82) is 0 Å². The van der Waals surface area contributed by atoms with Crippen LogP contribution < -0.4 is 0 Å². The Labute approximate surface area is 276 Å². The molecule has 0 bridgehead atoms. The molecule has 0 aliphatic heterocycles. The van der Waals surface area contributed by atoms with Crippen molar-refractivity contribution in [3.63, 3.8) is 0 Å². The SMILES string of the molecule is CCC(C)CCCCCCCCCCCCCCCCC(=O)O[C@H](COC(=O)CCCCCCCCC(C)C)COP(=O)(O)O. The first kappa shape index (κ1) is 44.0. The first-order chi connectivity index (χ1) is 21.5. The zero-order chi connectivity index (χ0) is 33.6. The molecule has 0 amide bonds. The molecule has 0 aliphatic rings. The molecule has 0 aromatic carbocycles. The maximum atomic E-state index is 12.3. The molecule has 2 atom stereocenters. The summed E-state index contributed by atoms with van der Waals surface area (Å²) in [6.45, 7) is 8.29. The molecule has 0 saturated heterocycles. The fraction of sp³-hybridized carbons (Fsp3) is 0.944. The zero-order valence-electron chi connectivity index (χ0n) is 29.6. The molecule has 0 radical (unpaired) electrons. The minimum absolute atomic E-state index is 0.217. The summed E-state index contributed by atoms with van der Waals surface area (Å²) in [4.78, 5) is 42.6. The molecule has 268 valence electrons. The predicted octanol–water partition coefficient (Wildman–Crippen LogP) is 10.6. The summed E-state index contributed by atoms with van der Waals surface area (Å²) in [6, 6.07) is 0. The van der Waals surface area contributed by atoms with Crippen molar-refractivity contribution in [1.82, 2.24) is 0 Å². The standard InChI is InChI=1S/C36H71O8P/c1-5-33(4)27-23-19-14-12-10-8-6-7-9-11-13-15-21-25-29-36(38)44-34(31-43-45(39,40)41)30-42-35(37)28-24-20-17-16-18-22-26-32(2)3/h32-34H,5-31H2,1-4H3,(H2,39,40,41)/t33?,34-/m1/s1. The van der Waals surface area contributed by atoms with E-state index >= 15 is 0 Å². The minimum atomic E-state index is -4.74. The number of unbranched alkanes of at least 4 members (excludes halogenated alkanes) is 18. The second-order valence-electron chi connectivity index (χ2n) is 13.6. The number of carbonyl (C=O) groups is 2. The molecule has 0 aromatic heterocycles. The van der Waals surface area contributed by atoms with E-state index in [9.17, 15) is 14.2 Å². The number of rotatable bonds is 33. The van der Waals surface area contributed by atoms with Crippen molar-refractivity contribution in [2.45, 2.75) is 194 Å². The fourth-order valence-electron chi connectivity index (χ4n) is 5.42. The highest BCUT2D eigenvalue weighted by Gasteiger charge is 2.22. The van der Waals surface area contributed by atoms with Gasteiger partial charge in [0.05, 0.1) is 6.61 Å². The molecule has 1 unspecified atom stereocenters. The van der Waals surface area contributed by atoms with Crippen LogP contribution in [0.2, 0.25) is 0 Å². The first-order valence-electron chi connectivity index (χ1n) is 18.6. The third-order valence-electron chi connectivity index (χ3n) is 8.59. The van der Waals surface area contributed by atoms with Gasteiger partial charge in [-0.2, -0.15) is 0 Å². The van der Waals surface area contributed by atoms with Gasteiger partial charge in [0.15, 0.2) is 6.10 Å². The molecule has 0 saturated carbocycles. The Kier molecular flexibility index (Phi) is 29.7. The van der Waals surface area contributed by atoms with Gasteiger partial charge in [-0.05, 0) is 24.7 Å². The van der Waals surface area contributed by atoms with E-state index in [2.05, 4.69) is 32.2 Å². The summed E-state index contributed by atoms with van der Waals surface area (Å²) in [6.07, 6.45) is 27.0. The van der Waals surface area contributed by atoms with Gasteiger partial charge in [-0.1, -0.05) is 163 Å². The number of esters is 2. The monoisotopic (exact) mass is 662 g/mol. The van der Waals surface area contributed by atoms with E-state index < -0.39 is 32.5 Å². The molecule has 0 fully saturated rings. The highest BCUT2D eigenvalue weighted by Crippen LogP contribution is 2.36. The van der Waals surface area contributed by atoms with Crippen LogP contribution in [0.25, 0.3) is 0 Å². The lowest BCUT2D eigenvalue weighted by Crippen LogP contribution is -2.29. The van der Waals surface area contributed by atoms with Gasteiger partial charge in [-0.15, -0.1) is 0 Å². The average Bonchev–Trinajstić information content (AvgIpc) is 2.98. The molecule has 2 N–H and O–H groups in total. The second-order valence-corrected chi connectivity index (χ2v) is 14.9. The largest absolute Gasteiger partial charge is 0.469 e. The van der Waals surface area contributed by atoms with Crippen LogP contribution in [-0.4, -0.2) is 41.0 Å². The number of phosphoric ester groups is 1. The lowest BCUT2D eigenvalue weighted by atomic mass is 9.99. The molecule has 0 heterocycles. The van der Waals surface area contributed by atoms with Crippen molar-refractivity contribution in [2.24, 2.45) is 11.8 Å². The van der Waals surface area contributed by atoms with E-state index in [0.717, 1.165) is 50.4 Å². The smallest absolute Gasteiger partial charge is 0.462 e. The van der Waals surface area contributed by atoms with Crippen LogP contribution in [-0.2, 0) is 28.2 Å². The third-order valence-corrected chi connectivity index (χ3v) is 9.08. The summed E-state index contributed by atoms with van der Waals surface area (Å²) in [5.41, 5.74) is 0. The number of phosphoric acid groups is 1. The zero-order valence-corrected chi connectivity index (χ0v) is 30.5. The van der Waals surface area contributed by atoms with Gasteiger partial charge in [0.1, 0.15) is 6.61 Å². The summed E-state index contributed by atoms with van der Waals surface area (Å²) >= 11 is 0. The normalized spacial score (nSPS) is 13.2. The van der Waals surface area contributed by atoms with Crippen LogP contribution in [0, 0.1) is 11.8 Å². The van der Waals surface area contributed by atoms with Gasteiger partial charge in [-0.25, -0.2) is 4.57 Å². The van der Waals surface area contributed by atoms with Crippen LogP contribution in [0.1, 0.15) is 188 Å². The summed E-state index contributed by atoms with van der Waals surface area (Å²) in [5.74, 6) is 0.740. The van der Waals surface area contributed by atoms with Crippen LogP contribution in [0.5, 0.6) is 0 Å². The van der Waals surface area contributed by atoms with Gasteiger partial charge in [0.2, 0.25) is 0 Å². The van der Waals surface area contributed by atoms with Gasteiger partial charge in [0.25, 0.3) is 0 Å². The quantitative estimate of drug-likeness (QED) is 0.0405. The topological polar surface area (TPSA) is 119 Å². The number of hydrogen-bond donors (Lipinski definition) is 2. The van der Waals surface area contributed by atoms with Crippen LogP contribution in [0.15, 0.2) is 0 Å². The second kappa shape index (κ2) is 30.4. The van der Waals surface area contributed by atoms with Crippen LogP contribution in [0.4, 0.5) is 0 Å².